The van der Waals surface area contributed by atoms with Gasteiger partial charge in [0.1, 0.15) is 0 Å². The second-order valence-corrected chi connectivity index (χ2v) is 10.1. The van der Waals surface area contributed by atoms with Crippen LogP contribution in [0.2, 0.25) is 0 Å². The molecule has 36 heavy (non-hydrogen) atoms. The van der Waals surface area contributed by atoms with Crippen molar-refractivity contribution in [2.45, 2.75) is 32.1 Å². The Balaban J connectivity index is 1.22. The number of nitrogens with zero attached hydrogens (tertiary/aromatic N) is 3. The molecule has 1 aliphatic heterocycles. The molecule has 1 aromatic heterocycles. The van der Waals surface area contributed by atoms with E-state index in [1.807, 2.05) is 30.0 Å². The molecule has 0 radical (unpaired) electrons. The summed E-state index contributed by atoms with van der Waals surface area (Å²) in [4.78, 5) is 19.5. The Hall–Kier alpha value is -3.04. The maximum Gasteiger partial charge on any atom is 0.241 e. The van der Waals surface area contributed by atoms with Gasteiger partial charge in [-0.3, -0.25) is 9.69 Å². The molecule has 9 heteroatoms. The smallest absolute Gasteiger partial charge is 0.241 e. The molecule has 0 bridgehead atoms. The zero-order valence-electron chi connectivity index (χ0n) is 21.2. The van der Waals surface area contributed by atoms with E-state index in [9.17, 15) is 4.79 Å². The predicted molar refractivity (Wildman–Crippen MR) is 141 cm³/mol. The predicted octanol–water partition coefficient (Wildman–Crippen LogP) is 4.32. The summed E-state index contributed by atoms with van der Waals surface area (Å²) in [5, 5.41) is 7.25. The van der Waals surface area contributed by atoms with E-state index >= 15 is 0 Å². The summed E-state index contributed by atoms with van der Waals surface area (Å²) in [5.41, 5.74) is 3.38. The molecular formula is C27H34N4O4S. The van der Waals surface area contributed by atoms with Gasteiger partial charge in [-0.15, -0.1) is 0 Å². The number of likely N-dealkylation sites (tertiary alicyclic amines) is 1. The van der Waals surface area contributed by atoms with Crippen molar-refractivity contribution in [1.82, 2.24) is 20.4 Å². The van der Waals surface area contributed by atoms with Gasteiger partial charge in [0.15, 0.2) is 11.5 Å². The van der Waals surface area contributed by atoms with Crippen LogP contribution in [0, 0.1) is 12.8 Å². The Morgan fingerprint density at radius 1 is 1.17 bits per heavy atom. The molecule has 1 N–H and O–H groups in total. The van der Waals surface area contributed by atoms with Crippen LogP contribution in [0.4, 0.5) is 0 Å². The fourth-order valence-corrected chi connectivity index (χ4v) is 5.10. The lowest BCUT2D eigenvalue weighted by molar-refractivity contribution is -0.126. The van der Waals surface area contributed by atoms with Gasteiger partial charge in [0.2, 0.25) is 17.6 Å². The number of aromatic nitrogens is 2. The average Bonchev–Trinajstić information content (AvgIpc) is 3.37. The summed E-state index contributed by atoms with van der Waals surface area (Å²) >= 11 is 1.84. The summed E-state index contributed by atoms with van der Waals surface area (Å²) in [7, 11) is 3.19. The summed E-state index contributed by atoms with van der Waals surface area (Å²) in [6.07, 6.45) is 1.87. The fraction of sp³-hybridized carbons (Fsp3) is 0.444. The van der Waals surface area contributed by atoms with Crippen LogP contribution >= 0.6 is 11.8 Å². The molecule has 3 aromatic rings. The molecule has 2 aromatic carbocycles. The molecular weight excluding hydrogens is 476 g/mol. The number of nitrogens with one attached hydrogen (secondary N) is 1. The first-order chi connectivity index (χ1) is 17.6. The molecule has 0 spiro atoms. The van der Waals surface area contributed by atoms with Crippen molar-refractivity contribution in [3.63, 3.8) is 0 Å². The van der Waals surface area contributed by atoms with Gasteiger partial charge in [-0.1, -0.05) is 35.0 Å². The summed E-state index contributed by atoms with van der Waals surface area (Å²) in [6.45, 7) is 4.90. The van der Waals surface area contributed by atoms with Gasteiger partial charge in [0.05, 0.1) is 26.7 Å². The Kier molecular flexibility index (Phi) is 9.24. The second-order valence-electron chi connectivity index (χ2n) is 8.98. The van der Waals surface area contributed by atoms with Gasteiger partial charge >= 0.3 is 0 Å². The van der Waals surface area contributed by atoms with Crippen LogP contribution in [0.3, 0.4) is 0 Å². The minimum atomic E-state index is -0.0194. The van der Waals surface area contributed by atoms with Gasteiger partial charge < -0.3 is 19.3 Å². The highest BCUT2D eigenvalue weighted by molar-refractivity contribution is 7.98. The van der Waals surface area contributed by atoms with E-state index in [4.69, 9.17) is 14.0 Å². The van der Waals surface area contributed by atoms with Crippen molar-refractivity contribution in [3.05, 3.63) is 59.5 Å². The number of ether oxygens (including phenoxy) is 2. The maximum absolute atomic E-state index is 12.7. The number of benzene rings is 2. The number of amides is 1. The molecule has 192 valence electrons. The van der Waals surface area contributed by atoms with Gasteiger partial charge in [0.25, 0.3) is 0 Å². The van der Waals surface area contributed by atoms with E-state index in [1.54, 1.807) is 14.2 Å². The quantitative estimate of drug-likeness (QED) is 0.382. The molecule has 1 fully saturated rings. The molecule has 2 heterocycles. The Labute approximate surface area is 216 Å². The maximum atomic E-state index is 12.7. The number of piperidine rings is 1. The third-order valence-electron chi connectivity index (χ3n) is 6.28. The minimum absolute atomic E-state index is 0.0194. The topological polar surface area (TPSA) is 89.7 Å². The fourth-order valence-electron chi connectivity index (χ4n) is 4.28. The Morgan fingerprint density at radius 2 is 1.97 bits per heavy atom. The number of aryl methyl sites for hydroxylation is 1. The summed E-state index contributed by atoms with van der Waals surface area (Å²) < 4.78 is 16.2. The average molecular weight is 511 g/mol. The normalized spacial score (nSPS) is 16.0. The highest BCUT2D eigenvalue weighted by Gasteiger charge is 2.26. The van der Waals surface area contributed by atoms with E-state index in [1.165, 1.54) is 11.1 Å². The van der Waals surface area contributed by atoms with Crippen molar-refractivity contribution in [3.8, 4) is 22.9 Å². The highest BCUT2D eigenvalue weighted by atomic mass is 32.2. The number of carbonyl (C=O) groups is 1. The minimum Gasteiger partial charge on any atom is -0.493 e. The van der Waals surface area contributed by atoms with Crippen LogP contribution < -0.4 is 14.8 Å². The van der Waals surface area contributed by atoms with Crippen molar-refractivity contribution in [2.75, 3.05) is 39.6 Å². The first-order valence-electron chi connectivity index (χ1n) is 12.2. The Morgan fingerprint density at radius 3 is 2.75 bits per heavy atom. The molecule has 1 atom stereocenters. The number of hydrogen-bond acceptors (Lipinski definition) is 8. The third kappa shape index (κ3) is 7.01. The molecule has 1 aliphatic rings. The van der Waals surface area contributed by atoms with E-state index in [-0.39, 0.29) is 11.8 Å². The lowest BCUT2D eigenvalue weighted by Gasteiger charge is -2.30. The Bertz CT molecular complexity index is 1140. The van der Waals surface area contributed by atoms with E-state index in [0.717, 1.165) is 36.5 Å². The van der Waals surface area contributed by atoms with E-state index in [2.05, 4.69) is 51.5 Å². The molecule has 8 nitrogen and oxygen atoms in total. The zero-order valence-corrected chi connectivity index (χ0v) is 22.0. The van der Waals surface area contributed by atoms with Crippen LogP contribution in [0.1, 0.15) is 29.9 Å². The van der Waals surface area contributed by atoms with Crippen LogP contribution in [-0.4, -0.2) is 60.6 Å². The van der Waals surface area contributed by atoms with Crippen molar-refractivity contribution in [2.24, 2.45) is 5.92 Å². The highest BCUT2D eigenvalue weighted by Crippen LogP contribution is 2.31. The lowest BCUT2D eigenvalue weighted by atomic mass is 9.97. The van der Waals surface area contributed by atoms with Gasteiger partial charge in [-0.25, -0.2) is 0 Å². The van der Waals surface area contributed by atoms with E-state index < -0.39 is 0 Å². The van der Waals surface area contributed by atoms with Crippen LogP contribution in [0.25, 0.3) is 11.4 Å². The first-order valence-corrected chi connectivity index (χ1v) is 13.4. The molecule has 0 saturated carbocycles. The molecule has 4 rings (SSSR count). The number of hydrogen-bond donors (Lipinski definition) is 1. The van der Waals surface area contributed by atoms with Crippen LogP contribution in [-0.2, 0) is 17.1 Å². The standard InChI is InChI=1S/C27H34N4O4S/c1-19-6-8-20(9-7-19)18-36-14-12-28-27(32)22-5-4-13-31(16-22)17-25-29-26(30-35-25)21-10-11-23(33-2)24(15-21)34-3/h6-11,15,22H,4-5,12-14,16-18H2,1-3H3,(H,28,32). The number of carbonyl (C=O) groups excluding carboxylic acids is 1. The van der Waals surface area contributed by atoms with Crippen LogP contribution in [0.5, 0.6) is 11.5 Å². The van der Waals surface area contributed by atoms with Crippen molar-refractivity contribution in [1.29, 1.82) is 0 Å². The summed E-state index contributed by atoms with van der Waals surface area (Å²) in [5.74, 6) is 4.27. The third-order valence-corrected chi connectivity index (χ3v) is 7.31. The number of rotatable bonds is 11. The number of methoxy groups -OCH3 is 2. The van der Waals surface area contributed by atoms with Gasteiger partial charge in [-0.05, 0) is 50.1 Å². The monoisotopic (exact) mass is 510 g/mol. The molecule has 1 amide bonds. The van der Waals surface area contributed by atoms with Gasteiger partial charge in [-0.2, -0.15) is 16.7 Å². The van der Waals surface area contributed by atoms with Crippen molar-refractivity contribution >= 4 is 17.7 Å². The molecule has 1 saturated heterocycles. The summed E-state index contributed by atoms with van der Waals surface area (Å²) in [6, 6.07) is 14.1. The SMILES string of the molecule is COc1ccc(-c2noc(CN3CCCC(C(=O)NCCSCc4ccc(C)cc4)C3)n2)cc1OC. The lowest BCUT2D eigenvalue weighted by Crippen LogP contribution is -2.43. The first kappa shape index (κ1) is 26.0. The largest absolute Gasteiger partial charge is 0.493 e. The molecule has 1 unspecified atom stereocenters. The number of thioether (sulfide) groups is 1. The van der Waals surface area contributed by atoms with E-state index in [0.29, 0.717) is 42.8 Å². The molecule has 0 aliphatic carbocycles. The van der Waals surface area contributed by atoms with Crippen LogP contribution in [0.15, 0.2) is 47.0 Å². The zero-order chi connectivity index (χ0) is 25.3. The second kappa shape index (κ2) is 12.8. The van der Waals surface area contributed by atoms with Crippen molar-refractivity contribution < 1.29 is 18.8 Å². The van der Waals surface area contributed by atoms with Gasteiger partial charge in [0, 0.05) is 30.2 Å².